The van der Waals surface area contributed by atoms with Crippen molar-refractivity contribution in [2.75, 3.05) is 20.2 Å². The molecule has 2 heterocycles. The number of nitrogens with zero attached hydrogens (tertiary/aromatic N) is 4. The molecule has 8 nitrogen and oxygen atoms in total. The molecule has 1 saturated carbocycles. The molecule has 0 aliphatic heterocycles. The van der Waals surface area contributed by atoms with E-state index in [0.29, 0.717) is 30.2 Å². The van der Waals surface area contributed by atoms with Gasteiger partial charge >= 0.3 is 12.1 Å². The second-order valence-corrected chi connectivity index (χ2v) is 12.4. The quantitative estimate of drug-likeness (QED) is 0.326. The fourth-order valence-electron chi connectivity index (χ4n) is 5.74. The van der Waals surface area contributed by atoms with Crippen molar-refractivity contribution in [3.8, 4) is 5.88 Å². The van der Waals surface area contributed by atoms with Gasteiger partial charge in [0.05, 0.1) is 30.8 Å². The van der Waals surface area contributed by atoms with E-state index in [9.17, 15) is 27.9 Å². The average molecular weight is 601 g/mol. The van der Waals surface area contributed by atoms with Crippen molar-refractivity contribution in [1.29, 1.82) is 0 Å². The minimum atomic E-state index is -4.82. The number of carbonyl (C=O) groups is 2. The fraction of sp³-hybridized carbons (Fsp3) is 0.655. The molecule has 1 N–H and O–H groups in total. The minimum absolute atomic E-state index is 0.212. The van der Waals surface area contributed by atoms with Crippen LogP contribution in [0, 0.1) is 17.3 Å². The van der Waals surface area contributed by atoms with Crippen LogP contribution >= 0.6 is 11.6 Å². The largest absolute Gasteiger partial charge is 0.481 e. The summed E-state index contributed by atoms with van der Waals surface area (Å²) >= 11 is 6.52. The molecule has 0 bridgehead atoms. The Bertz CT molecular complexity index is 1240. The normalized spacial score (nSPS) is 19.7. The molecule has 1 aliphatic carbocycles. The lowest BCUT2D eigenvalue weighted by atomic mass is 9.78. The number of aryl methyl sites for hydroxylation is 1. The number of amides is 1. The van der Waals surface area contributed by atoms with E-state index < -0.39 is 41.3 Å². The summed E-state index contributed by atoms with van der Waals surface area (Å²) in [6, 6.07) is -0.647. The molecule has 3 rings (SSSR count). The molecule has 41 heavy (non-hydrogen) atoms. The smallest absolute Gasteiger partial charge is 0.433 e. The van der Waals surface area contributed by atoms with Gasteiger partial charge in [-0.25, -0.2) is 4.98 Å². The highest BCUT2D eigenvalue weighted by molar-refractivity contribution is 6.32. The number of pyridine rings is 1. The van der Waals surface area contributed by atoms with Gasteiger partial charge in [0.25, 0.3) is 5.91 Å². The summed E-state index contributed by atoms with van der Waals surface area (Å²) in [5, 5.41) is 13.9. The molecule has 1 fully saturated rings. The first-order valence-electron chi connectivity index (χ1n) is 14.0. The van der Waals surface area contributed by atoms with Crippen molar-refractivity contribution >= 4 is 23.5 Å². The summed E-state index contributed by atoms with van der Waals surface area (Å²) in [5.41, 5.74) is -0.160. The summed E-state index contributed by atoms with van der Waals surface area (Å²) < 4.78 is 49.6. The van der Waals surface area contributed by atoms with Crippen LogP contribution in [-0.2, 0) is 23.8 Å². The maximum Gasteiger partial charge on any atom is 0.433 e. The number of methoxy groups -OCH3 is 1. The number of hydrogen-bond acceptors (Lipinski definition) is 5. The molecule has 0 saturated heterocycles. The zero-order valence-electron chi connectivity index (χ0n) is 24.5. The van der Waals surface area contributed by atoms with Gasteiger partial charge in [0.15, 0.2) is 5.69 Å². The first kappa shape index (κ1) is 32.7. The van der Waals surface area contributed by atoms with Gasteiger partial charge in [-0.2, -0.15) is 18.3 Å². The van der Waals surface area contributed by atoms with Crippen LogP contribution < -0.4 is 4.74 Å². The number of rotatable bonds is 10. The Morgan fingerprint density at radius 2 is 1.90 bits per heavy atom. The van der Waals surface area contributed by atoms with Crippen LogP contribution in [0.25, 0.3) is 0 Å². The predicted molar refractivity (Wildman–Crippen MR) is 149 cm³/mol. The zero-order chi connectivity index (χ0) is 30.7. The van der Waals surface area contributed by atoms with Crippen LogP contribution in [0.5, 0.6) is 5.88 Å². The number of aromatic nitrogens is 3. The Morgan fingerprint density at radius 1 is 1.22 bits per heavy atom. The van der Waals surface area contributed by atoms with E-state index >= 15 is 0 Å². The lowest BCUT2D eigenvalue weighted by Gasteiger charge is -2.33. The molecule has 0 radical (unpaired) electrons. The summed E-state index contributed by atoms with van der Waals surface area (Å²) in [6.07, 6.45) is 0.259. The number of hydrogen-bond donors (Lipinski definition) is 1. The highest BCUT2D eigenvalue weighted by Gasteiger charge is 2.44. The monoisotopic (exact) mass is 600 g/mol. The molecular formula is C29H40ClF3N4O4. The van der Waals surface area contributed by atoms with E-state index in [4.69, 9.17) is 16.3 Å². The Labute approximate surface area is 244 Å². The number of aliphatic carboxylic acids is 1. The molecule has 2 aromatic heterocycles. The molecule has 3 unspecified atom stereocenters. The third-order valence-electron chi connectivity index (χ3n) is 7.66. The first-order chi connectivity index (χ1) is 19.1. The Kier molecular flexibility index (Phi) is 10.4. The summed E-state index contributed by atoms with van der Waals surface area (Å²) in [7, 11) is 1.48. The van der Waals surface area contributed by atoms with E-state index in [-0.39, 0.29) is 43.7 Å². The van der Waals surface area contributed by atoms with Crippen LogP contribution in [0.4, 0.5) is 13.2 Å². The van der Waals surface area contributed by atoms with Crippen molar-refractivity contribution in [1.82, 2.24) is 19.7 Å². The Balaban J connectivity index is 1.90. The van der Waals surface area contributed by atoms with Crippen molar-refractivity contribution in [2.24, 2.45) is 17.3 Å². The Morgan fingerprint density at radius 3 is 2.44 bits per heavy atom. The fourth-order valence-corrected chi connectivity index (χ4v) is 6.08. The average Bonchev–Trinajstić information content (AvgIpc) is 3.33. The highest BCUT2D eigenvalue weighted by Crippen LogP contribution is 2.41. The predicted octanol–water partition coefficient (Wildman–Crippen LogP) is 6.70. The lowest BCUT2D eigenvalue weighted by molar-refractivity contribution is -0.149. The number of halogens is 4. The summed E-state index contributed by atoms with van der Waals surface area (Å²) in [6.45, 7) is 9.92. The molecular weight excluding hydrogens is 561 g/mol. The summed E-state index contributed by atoms with van der Waals surface area (Å²) in [5.74, 6) is -2.31. The third kappa shape index (κ3) is 7.72. The van der Waals surface area contributed by atoms with E-state index in [0.717, 1.165) is 22.0 Å². The zero-order valence-corrected chi connectivity index (χ0v) is 25.3. The van der Waals surface area contributed by atoms with Gasteiger partial charge < -0.3 is 14.7 Å². The highest BCUT2D eigenvalue weighted by atomic mass is 35.5. The van der Waals surface area contributed by atoms with Gasteiger partial charge in [0.1, 0.15) is 5.02 Å². The van der Waals surface area contributed by atoms with Gasteiger partial charge in [-0.1, -0.05) is 46.2 Å². The van der Waals surface area contributed by atoms with E-state index in [2.05, 4.69) is 10.1 Å². The molecule has 1 amide bonds. The molecule has 2 aromatic rings. The molecule has 228 valence electrons. The van der Waals surface area contributed by atoms with E-state index in [1.807, 2.05) is 27.7 Å². The standard InChI is InChI=1S/C29H40ClF3N4O4/c1-7-18-14-34-25(41-6)23(30)21(18)9-8-12-36(16-28(3,4)5)26(38)22-15-35-37(24(22)29(31,32)33)19-10-11-20(27(39)40)17(2)13-19/h14-15,17,19-20H,7-13,16H2,1-6H3,(H,39,40). The van der Waals surface area contributed by atoms with Crippen LogP contribution in [0.15, 0.2) is 12.4 Å². The topological polar surface area (TPSA) is 97.5 Å². The van der Waals surface area contributed by atoms with Crippen molar-refractivity contribution in [3.05, 3.63) is 39.8 Å². The van der Waals surface area contributed by atoms with Crippen LogP contribution in [0.1, 0.15) is 93.5 Å². The molecule has 12 heteroatoms. The van der Waals surface area contributed by atoms with Gasteiger partial charge in [0, 0.05) is 19.3 Å². The number of alkyl halides is 3. The molecule has 0 spiro atoms. The Hall–Kier alpha value is -2.82. The second-order valence-electron chi connectivity index (χ2n) is 12.1. The van der Waals surface area contributed by atoms with Gasteiger partial charge in [0.2, 0.25) is 5.88 Å². The summed E-state index contributed by atoms with van der Waals surface area (Å²) in [4.78, 5) is 30.9. The van der Waals surface area contributed by atoms with E-state index in [1.165, 1.54) is 12.0 Å². The first-order valence-corrected chi connectivity index (χ1v) is 14.3. The lowest BCUT2D eigenvalue weighted by Crippen LogP contribution is -2.39. The van der Waals surface area contributed by atoms with Crippen molar-refractivity contribution in [2.45, 2.75) is 85.4 Å². The molecule has 1 aliphatic rings. The van der Waals surface area contributed by atoms with E-state index in [1.54, 1.807) is 13.1 Å². The number of carbonyl (C=O) groups excluding carboxylic acids is 1. The maximum absolute atomic E-state index is 14.5. The van der Waals surface area contributed by atoms with Crippen molar-refractivity contribution in [3.63, 3.8) is 0 Å². The van der Waals surface area contributed by atoms with Crippen LogP contribution in [-0.4, -0.2) is 56.8 Å². The second kappa shape index (κ2) is 13.0. The third-order valence-corrected chi connectivity index (χ3v) is 8.05. The molecule has 0 aromatic carbocycles. The van der Waals surface area contributed by atoms with Crippen molar-refractivity contribution < 1.29 is 32.6 Å². The van der Waals surface area contributed by atoms with Gasteiger partial charge in [-0.3, -0.25) is 14.3 Å². The molecule has 3 atom stereocenters. The van der Waals surface area contributed by atoms with Crippen LogP contribution in [0.3, 0.4) is 0 Å². The van der Waals surface area contributed by atoms with Gasteiger partial charge in [-0.15, -0.1) is 0 Å². The number of carboxylic acids is 1. The SMILES string of the molecule is CCc1cnc(OC)c(Cl)c1CCCN(CC(C)(C)C)C(=O)c1cnn(C2CCC(C(=O)O)C(C)C2)c1C(F)(F)F. The number of ether oxygens (including phenoxy) is 1. The van der Waals surface area contributed by atoms with Gasteiger partial charge in [-0.05, 0) is 61.0 Å². The number of carboxylic acid groups (broad SMARTS) is 1. The maximum atomic E-state index is 14.5. The van der Waals surface area contributed by atoms with Crippen LogP contribution in [0.2, 0.25) is 5.02 Å². The minimum Gasteiger partial charge on any atom is -0.481 e.